The molecule has 0 saturated carbocycles. The first-order chi connectivity index (χ1) is 7.68. The van der Waals surface area contributed by atoms with E-state index in [0.717, 1.165) is 23.5 Å². The molecule has 0 aliphatic carbocycles. The van der Waals surface area contributed by atoms with Gasteiger partial charge in [-0.15, -0.1) is 0 Å². The highest BCUT2D eigenvalue weighted by atomic mass is 32.2. The number of rotatable bonds is 3. The number of pyridine rings is 1. The van der Waals surface area contributed by atoms with Gasteiger partial charge in [-0.25, -0.2) is 0 Å². The fourth-order valence-electron chi connectivity index (χ4n) is 2.13. The number of fused-ring (bicyclic) bond motifs is 1. The van der Waals surface area contributed by atoms with Gasteiger partial charge < -0.3 is 5.11 Å². The maximum Gasteiger partial charge on any atom is 0.303 e. The van der Waals surface area contributed by atoms with Crippen LogP contribution in [-0.2, 0) is 17.0 Å². The molecular weight excluding hydrogens is 222 g/mol. The normalized spacial score (nSPS) is 16.6. The minimum Gasteiger partial charge on any atom is -0.481 e. The van der Waals surface area contributed by atoms with Crippen LogP contribution >= 0.6 is 11.8 Å². The Morgan fingerprint density at radius 1 is 1.62 bits per heavy atom. The molecule has 0 aromatic carbocycles. The summed E-state index contributed by atoms with van der Waals surface area (Å²) in [6.07, 6.45) is 4.98. The van der Waals surface area contributed by atoms with Crippen LogP contribution in [0, 0.1) is 0 Å². The topological polar surface area (TPSA) is 50.2 Å². The van der Waals surface area contributed by atoms with Crippen molar-refractivity contribution in [3.8, 4) is 0 Å². The van der Waals surface area contributed by atoms with E-state index in [1.54, 1.807) is 0 Å². The summed E-state index contributed by atoms with van der Waals surface area (Å²) in [6, 6.07) is 0. The number of hydrogen-bond donors (Lipinski definition) is 1. The number of carboxylic acids is 1. The summed E-state index contributed by atoms with van der Waals surface area (Å²) < 4.78 is 0. The predicted octanol–water partition coefficient (Wildman–Crippen LogP) is 2.45. The summed E-state index contributed by atoms with van der Waals surface area (Å²) in [4.78, 5) is 14.9. The molecule has 1 aromatic heterocycles. The maximum atomic E-state index is 10.7. The zero-order valence-electron chi connectivity index (χ0n) is 9.27. The molecule has 1 aliphatic heterocycles. The molecule has 0 fully saturated rings. The molecule has 2 heterocycles. The van der Waals surface area contributed by atoms with Crippen molar-refractivity contribution >= 4 is 17.7 Å². The molecule has 0 bridgehead atoms. The molecule has 0 spiro atoms. The van der Waals surface area contributed by atoms with Gasteiger partial charge >= 0.3 is 5.97 Å². The van der Waals surface area contributed by atoms with Crippen molar-refractivity contribution in [2.45, 2.75) is 31.4 Å². The van der Waals surface area contributed by atoms with Gasteiger partial charge in [0.05, 0.1) is 6.42 Å². The second kappa shape index (κ2) is 4.87. The summed E-state index contributed by atoms with van der Waals surface area (Å²) in [7, 11) is 0. The van der Waals surface area contributed by atoms with Crippen molar-refractivity contribution in [2.75, 3.05) is 5.75 Å². The quantitative estimate of drug-likeness (QED) is 0.877. The average Bonchev–Trinajstić information content (AvgIpc) is 2.27. The van der Waals surface area contributed by atoms with Gasteiger partial charge in [-0.2, -0.15) is 11.8 Å². The second-order valence-electron chi connectivity index (χ2n) is 4.17. The van der Waals surface area contributed by atoms with Crippen molar-refractivity contribution in [1.82, 2.24) is 4.98 Å². The van der Waals surface area contributed by atoms with Crippen LogP contribution in [-0.4, -0.2) is 21.8 Å². The lowest BCUT2D eigenvalue weighted by atomic mass is 9.91. The minimum atomic E-state index is -0.740. The maximum absolute atomic E-state index is 10.7. The van der Waals surface area contributed by atoms with Crippen molar-refractivity contribution in [2.24, 2.45) is 0 Å². The Balaban J connectivity index is 2.29. The Bertz CT molecular complexity index is 406. The van der Waals surface area contributed by atoms with Crippen LogP contribution in [0.4, 0.5) is 0 Å². The highest BCUT2D eigenvalue weighted by molar-refractivity contribution is 7.98. The van der Waals surface area contributed by atoms with E-state index < -0.39 is 5.97 Å². The third-order valence-corrected chi connectivity index (χ3v) is 3.95. The lowest BCUT2D eigenvalue weighted by Crippen LogP contribution is -2.11. The van der Waals surface area contributed by atoms with Crippen LogP contribution in [0.15, 0.2) is 12.4 Å². The molecule has 1 aliphatic rings. The molecule has 3 nitrogen and oxygen atoms in total. The van der Waals surface area contributed by atoms with Crippen molar-refractivity contribution < 1.29 is 9.90 Å². The van der Waals surface area contributed by atoms with Gasteiger partial charge in [-0.05, 0) is 34.8 Å². The van der Waals surface area contributed by atoms with Crippen molar-refractivity contribution in [3.63, 3.8) is 0 Å². The number of hydrogen-bond acceptors (Lipinski definition) is 3. The van der Waals surface area contributed by atoms with Crippen molar-refractivity contribution in [1.29, 1.82) is 0 Å². The first-order valence-corrected chi connectivity index (χ1v) is 6.59. The molecule has 4 heteroatoms. The zero-order chi connectivity index (χ0) is 11.5. The summed E-state index contributed by atoms with van der Waals surface area (Å²) >= 11 is 1.92. The highest BCUT2D eigenvalue weighted by Crippen LogP contribution is 2.31. The molecule has 1 N–H and O–H groups in total. The molecule has 1 aromatic rings. The van der Waals surface area contributed by atoms with Crippen LogP contribution in [0.25, 0.3) is 0 Å². The number of aromatic nitrogens is 1. The summed E-state index contributed by atoms with van der Waals surface area (Å²) in [5.74, 6) is 1.46. The Kier molecular flexibility index (Phi) is 3.49. The third kappa shape index (κ3) is 2.38. The van der Waals surface area contributed by atoms with E-state index in [1.807, 2.05) is 31.1 Å². The molecule has 1 unspecified atom stereocenters. The Hall–Kier alpha value is -1.03. The highest BCUT2D eigenvalue weighted by Gasteiger charge is 2.19. The summed E-state index contributed by atoms with van der Waals surface area (Å²) in [5.41, 5.74) is 3.74. The molecule has 0 saturated heterocycles. The number of thioether (sulfide) groups is 1. The number of carbonyl (C=O) groups is 1. The van der Waals surface area contributed by atoms with Gasteiger partial charge in [0.2, 0.25) is 0 Å². The molecule has 2 rings (SSSR count). The van der Waals surface area contributed by atoms with Gasteiger partial charge in [0.1, 0.15) is 0 Å². The summed E-state index contributed by atoms with van der Waals surface area (Å²) in [6.45, 7) is 1.97. The first kappa shape index (κ1) is 11.5. The standard InChI is InChI=1S/C12H15NO2S/c1-8(4-12(14)15)11-6-13-5-9-7-16-3-2-10(9)11/h5-6,8H,2-4,7H2,1H3,(H,14,15). The SMILES string of the molecule is CC(CC(=O)O)c1cncc2c1CCSC2. The molecule has 86 valence electrons. The van der Waals surface area contributed by atoms with E-state index in [1.165, 1.54) is 11.1 Å². The zero-order valence-corrected chi connectivity index (χ0v) is 10.1. The Morgan fingerprint density at radius 3 is 3.19 bits per heavy atom. The number of carboxylic acid groups (broad SMARTS) is 1. The average molecular weight is 237 g/mol. The van der Waals surface area contributed by atoms with Crippen molar-refractivity contribution in [3.05, 3.63) is 29.1 Å². The minimum absolute atomic E-state index is 0.0584. The fraction of sp³-hybridized carbons (Fsp3) is 0.500. The van der Waals surface area contributed by atoms with Gasteiger partial charge in [0.25, 0.3) is 0 Å². The molecule has 0 radical (unpaired) electrons. The molecular formula is C12H15NO2S. The fourth-order valence-corrected chi connectivity index (χ4v) is 3.09. The van der Waals surface area contributed by atoms with Crippen LogP contribution in [0.3, 0.4) is 0 Å². The van der Waals surface area contributed by atoms with E-state index in [4.69, 9.17) is 5.11 Å². The first-order valence-electron chi connectivity index (χ1n) is 5.43. The van der Waals surface area contributed by atoms with E-state index in [9.17, 15) is 4.79 Å². The van der Waals surface area contributed by atoms with Gasteiger partial charge in [-0.1, -0.05) is 6.92 Å². The smallest absolute Gasteiger partial charge is 0.303 e. The van der Waals surface area contributed by atoms with Gasteiger partial charge in [0, 0.05) is 18.1 Å². The summed E-state index contributed by atoms with van der Waals surface area (Å²) in [5, 5.41) is 8.82. The van der Waals surface area contributed by atoms with E-state index in [-0.39, 0.29) is 12.3 Å². The molecule has 16 heavy (non-hydrogen) atoms. The van der Waals surface area contributed by atoms with E-state index >= 15 is 0 Å². The van der Waals surface area contributed by atoms with Gasteiger partial charge in [-0.3, -0.25) is 9.78 Å². The Labute approximate surface area is 99.3 Å². The van der Waals surface area contributed by atoms with Crippen LogP contribution in [0.5, 0.6) is 0 Å². The third-order valence-electron chi connectivity index (χ3n) is 2.95. The second-order valence-corrected chi connectivity index (χ2v) is 5.27. The molecule has 1 atom stereocenters. The lowest BCUT2D eigenvalue weighted by molar-refractivity contribution is -0.137. The van der Waals surface area contributed by atoms with Crippen LogP contribution in [0.1, 0.15) is 36.0 Å². The van der Waals surface area contributed by atoms with E-state index in [2.05, 4.69) is 4.98 Å². The van der Waals surface area contributed by atoms with Crippen LogP contribution < -0.4 is 0 Å². The monoisotopic (exact) mass is 237 g/mol. The Morgan fingerprint density at radius 2 is 2.44 bits per heavy atom. The van der Waals surface area contributed by atoms with Crippen LogP contribution in [0.2, 0.25) is 0 Å². The lowest BCUT2D eigenvalue weighted by Gasteiger charge is -2.21. The number of nitrogens with zero attached hydrogens (tertiary/aromatic N) is 1. The van der Waals surface area contributed by atoms with Gasteiger partial charge in [0.15, 0.2) is 0 Å². The largest absolute Gasteiger partial charge is 0.481 e. The predicted molar refractivity (Wildman–Crippen MR) is 64.8 cm³/mol. The number of aliphatic carboxylic acids is 1. The molecule has 0 amide bonds. The van der Waals surface area contributed by atoms with E-state index in [0.29, 0.717) is 0 Å².